The SMILES string of the molecule is CCOC(=O)CN(c1ccc(Br)c(C)c1)S(=O)(=O)c1ccc(OC)cc1. The Balaban J connectivity index is 2.49. The maximum absolute atomic E-state index is 13.1. The average molecular weight is 442 g/mol. The molecule has 6 nitrogen and oxygen atoms in total. The van der Waals surface area contributed by atoms with E-state index in [0.717, 1.165) is 14.3 Å². The van der Waals surface area contributed by atoms with Gasteiger partial charge in [0.1, 0.15) is 12.3 Å². The van der Waals surface area contributed by atoms with Crippen molar-refractivity contribution in [2.24, 2.45) is 0 Å². The Morgan fingerprint density at radius 2 is 1.81 bits per heavy atom. The minimum Gasteiger partial charge on any atom is -0.497 e. The first-order chi connectivity index (χ1) is 12.3. The minimum atomic E-state index is -3.96. The number of hydrogen-bond donors (Lipinski definition) is 0. The summed E-state index contributed by atoms with van der Waals surface area (Å²) in [7, 11) is -2.46. The molecule has 0 amide bonds. The molecule has 0 N–H and O–H groups in total. The normalized spacial score (nSPS) is 11.1. The van der Waals surface area contributed by atoms with Crippen LogP contribution in [0.15, 0.2) is 51.8 Å². The van der Waals surface area contributed by atoms with Gasteiger partial charge >= 0.3 is 5.97 Å². The van der Waals surface area contributed by atoms with Gasteiger partial charge in [-0.05, 0) is 61.9 Å². The fourth-order valence-corrected chi connectivity index (χ4v) is 3.95. The highest BCUT2D eigenvalue weighted by Gasteiger charge is 2.28. The van der Waals surface area contributed by atoms with Gasteiger partial charge in [0.15, 0.2) is 0 Å². The molecule has 8 heteroatoms. The van der Waals surface area contributed by atoms with E-state index >= 15 is 0 Å². The lowest BCUT2D eigenvalue weighted by Crippen LogP contribution is -2.36. The van der Waals surface area contributed by atoms with E-state index in [9.17, 15) is 13.2 Å². The first-order valence-corrected chi connectivity index (χ1v) is 10.1. The van der Waals surface area contributed by atoms with E-state index in [2.05, 4.69) is 15.9 Å². The lowest BCUT2D eigenvalue weighted by atomic mass is 10.2. The Hall–Kier alpha value is -2.06. The molecule has 0 atom stereocenters. The number of nitrogens with zero attached hydrogens (tertiary/aromatic N) is 1. The summed E-state index contributed by atoms with van der Waals surface area (Å²) in [5, 5.41) is 0. The maximum Gasteiger partial charge on any atom is 0.326 e. The van der Waals surface area contributed by atoms with Crippen molar-refractivity contribution < 1.29 is 22.7 Å². The van der Waals surface area contributed by atoms with Crippen molar-refractivity contribution in [2.45, 2.75) is 18.7 Å². The predicted octanol–water partition coefficient (Wildman–Crippen LogP) is 3.52. The van der Waals surface area contributed by atoms with Gasteiger partial charge in [-0.25, -0.2) is 8.42 Å². The van der Waals surface area contributed by atoms with Crippen LogP contribution in [0.2, 0.25) is 0 Å². The summed E-state index contributed by atoms with van der Waals surface area (Å²) in [4.78, 5) is 12.1. The molecule has 2 aromatic rings. The van der Waals surface area contributed by atoms with Gasteiger partial charge < -0.3 is 9.47 Å². The van der Waals surface area contributed by atoms with E-state index < -0.39 is 22.5 Å². The largest absolute Gasteiger partial charge is 0.497 e. The van der Waals surface area contributed by atoms with Crippen molar-refractivity contribution in [1.29, 1.82) is 0 Å². The maximum atomic E-state index is 13.1. The fourth-order valence-electron chi connectivity index (χ4n) is 2.30. The molecule has 26 heavy (non-hydrogen) atoms. The van der Waals surface area contributed by atoms with Crippen LogP contribution < -0.4 is 9.04 Å². The van der Waals surface area contributed by atoms with Crippen molar-refractivity contribution in [2.75, 3.05) is 24.6 Å². The zero-order chi connectivity index (χ0) is 19.3. The van der Waals surface area contributed by atoms with Gasteiger partial charge in [0, 0.05) is 4.47 Å². The second-order valence-electron chi connectivity index (χ2n) is 5.43. The summed E-state index contributed by atoms with van der Waals surface area (Å²) in [6, 6.07) is 11.1. The van der Waals surface area contributed by atoms with E-state index in [0.29, 0.717) is 11.4 Å². The number of anilines is 1. The number of carbonyl (C=O) groups is 1. The molecule has 0 aliphatic heterocycles. The molecule has 0 bridgehead atoms. The zero-order valence-corrected chi connectivity index (χ0v) is 17.1. The summed E-state index contributed by atoms with van der Waals surface area (Å²) < 4.78 is 38.2. The monoisotopic (exact) mass is 441 g/mol. The summed E-state index contributed by atoms with van der Waals surface area (Å²) in [5.41, 5.74) is 1.23. The van der Waals surface area contributed by atoms with Gasteiger partial charge in [-0.15, -0.1) is 0 Å². The first kappa shape index (κ1) is 20.3. The molecule has 0 saturated heterocycles. The number of ether oxygens (including phenoxy) is 2. The Bertz CT molecular complexity index is 881. The number of rotatable bonds is 7. The highest BCUT2D eigenvalue weighted by molar-refractivity contribution is 9.10. The first-order valence-electron chi connectivity index (χ1n) is 7.88. The molecule has 140 valence electrons. The highest BCUT2D eigenvalue weighted by atomic mass is 79.9. The summed E-state index contributed by atoms with van der Waals surface area (Å²) in [5.74, 6) is -0.0782. The number of esters is 1. The third-order valence-corrected chi connectivity index (χ3v) is 6.33. The molecule has 0 aliphatic carbocycles. The number of methoxy groups -OCH3 is 1. The lowest BCUT2D eigenvalue weighted by molar-refractivity contribution is -0.141. The Labute approximate surface area is 161 Å². The molecule has 0 spiro atoms. The molecule has 0 radical (unpaired) electrons. The average Bonchev–Trinajstić information content (AvgIpc) is 2.62. The summed E-state index contributed by atoms with van der Waals surface area (Å²) >= 11 is 3.39. The Morgan fingerprint density at radius 1 is 1.15 bits per heavy atom. The fraction of sp³-hybridized carbons (Fsp3) is 0.278. The van der Waals surface area contributed by atoms with Gasteiger partial charge in [0.2, 0.25) is 0 Å². The van der Waals surface area contributed by atoms with Gasteiger partial charge in [0.25, 0.3) is 10.0 Å². The molecular formula is C18H20BrNO5S. The number of carbonyl (C=O) groups excluding carboxylic acids is 1. The van der Waals surface area contributed by atoms with Crippen LogP contribution in [0.25, 0.3) is 0 Å². The Morgan fingerprint density at radius 3 is 2.35 bits per heavy atom. The van der Waals surface area contributed by atoms with E-state index in [1.54, 1.807) is 37.3 Å². The van der Waals surface area contributed by atoms with Crippen LogP contribution >= 0.6 is 15.9 Å². The number of aryl methyl sites for hydroxylation is 1. The van der Waals surface area contributed by atoms with Crippen LogP contribution in [-0.2, 0) is 19.6 Å². The third kappa shape index (κ3) is 4.56. The number of halogens is 1. The van der Waals surface area contributed by atoms with Crippen LogP contribution in [0, 0.1) is 6.92 Å². The van der Waals surface area contributed by atoms with E-state index in [-0.39, 0.29) is 11.5 Å². The predicted molar refractivity (Wildman–Crippen MR) is 103 cm³/mol. The highest BCUT2D eigenvalue weighted by Crippen LogP contribution is 2.28. The smallest absolute Gasteiger partial charge is 0.326 e. The van der Waals surface area contributed by atoms with Crippen LogP contribution in [0.1, 0.15) is 12.5 Å². The second-order valence-corrected chi connectivity index (χ2v) is 8.14. The van der Waals surface area contributed by atoms with Gasteiger partial charge in [-0.1, -0.05) is 15.9 Å². The van der Waals surface area contributed by atoms with Crippen LogP contribution in [0.4, 0.5) is 5.69 Å². The van der Waals surface area contributed by atoms with Crippen molar-refractivity contribution >= 4 is 37.6 Å². The molecule has 0 unspecified atom stereocenters. The van der Waals surface area contributed by atoms with Gasteiger partial charge in [0.05, 0.1) is 24.3 Å². The standard InChI is InChI=1S/C18H20BrNO5S/c1-4-25-18(21)12-20(14-5-10-17(19)13(2)11-14)26(22,23)16-8-6-15(24-3)7-9-16/h5-11H,4,12H2,1-3H3. The molecule has 0 heterocycles. The van der Waals surface area contributed by atoms with E-state index in [4.69, 9.17) is 9.47 Å². The van der Waals surface area contributed by atoms with E-state index in [1.165, 1.54) is 19.2 Å². The molecule has 2 aromatic carbocycles. The minimum absolute atomic E-state index is 0.0585. The van der Waals surface area contributed by atoms with E-state index in [1.807, 2.05) is 6.92 Å². The topological polar surface area (TPSA) is 72.9 Å². The molecule has 0 aromatic heterocycles. The van der Waals surface area contributed by atoms with Crippen LogP contribution in [-0.4, -0.2) is 34.6 Å². The quantitative estimate of drug-likeness (QED) is 0.614. The molecular weight excluding hydrogens is 422 g/mol. The third-order valence-electron chi connectivity index (χ3n) is 3.65. The van der Waals surface area contributed by atoms with Crippen LogP contribution in [0.5, 0.6) is 5.75 Å². The van der Waals surface area contributed by atoms with Crippen molar-refractivity contribution in [1.82, 2.24) is 0 Å². The zero-order valence-electron chi connectivity index (χ0n) is 14.7. The van der Waals surface area contributed by atoms with Crippen molar-refractivity contribution in [3.05, 3.63) is 52.5 Å². The van der Waals surface area contributed by atoms with Crippen molar-refractivity contribution in [3.63, 3.8) is 0 Å². The lowest BCUT2D eigenvalue weighted by Gasteiger charge is -2.24. The molecule has 0 aliphatic rings. The number of sulfonamides is 1. The molecule has 0 fully saturated rings. The van der Waals surface area contributed by atoms with Crippen LogP contribution in [0.3, 0.4) is 0 Å². The molecule has 2 rings (SSSR count). The number of benzene rings is 2. The van der Waals surface area contributed by atoms with Gasteiger partial charge in [-0.3, -0.25) is 9.10 Å². The molecule has 0 saturated carbocycles. The van der Waals surface area contributed by atoms with Gasteiger partial charge in [-0.2, -0.15) is 0 Å². The summed E-state index contributed by atoms with van der Waals surface area (Å²) in [6.07, 6.45) is 0. The second kappa shape index (κ2) is 8.55. The summed E-state index contributed by atoms with van der Waals surface area (Å²) in [6.45, 7) is 3.28. The number of hydrogen-bond acceptors (Lipinski definition) is 5. The van der Waals surface area contributed by atoms with Crippen molar-refractivity contribution in [3.8, 4) is 5.75 Å². The Kier molecular flexibility index (Phi) is 6.66.